The third-order valence-corrected chi connectivity index (χ3v) is 3.39. The molecule has 1 fully saturated rings. The second kappa shape index (κ2) is 8.60. The van der Waals surface area contributed by atoms with Crippen molar-refractivity contribution in [3.05, 3.63) is 29.8 Å². The molecule has 1 heterocycles. The van der Waals surface area contributed by atoms with Crippen molar-refractivity contribution in [1.29, 1.82) is 0 Å². The third-order valence-electron chi connectivity index (χ3n) is 3.39. The van der Waals surface area contributed by atoms with Crippen LogP contribution >= 0.6 is 0 Å². The van der Waals surface area contributed by atoms with Crippen LogP contribution in [0.1, 0.15) is 32.8 Å². The number of amides is 1. The summed E-state index contributed by atoms with van der Waals surface area (Å²) < 4.78 is 10.5. The highest BCUT2D eigenvalue weighted by atomic mass is 16.6. The first-order valence-electron chi connectivity index (χ1n) is 8.32. The maximum absolute atomic E-state index is 11.5. The minimum atomic E-state index is -0.474. The highest BCUT2D eigenvalue weighted by Gasteiger charge is 2.15. The summed E-state index contributed by atoms with van der Waals surface area (Å²) in [5.41, 5.74) is 1.71. The summed E-state index contributed by atoms with van der Waals surface area (Å²) in [6.45, 7) is 9.43. The Morgan fingerprint density at radius 1 is 1.25 bits per heavy atom. The molecule has 2 rings (SSSR count). The van der Waals surface area contributed by atoms with E-state index in [1.165, 1.54) is 5.69 Å². The van der Waals surface area contributed by atoms with Crippen LogP contribution in [-0.2, 0) is 9.47 Å². The fraction of sp³-hybridized carbons (Fsp3) is 0.526. The first-order chi connectivity index (χ1) is 11.4. The van der Waals surface area contributed by atoms with Gasteiger partial charge in [0.2, 0.25) is 0 Å². The molecular weight excluding hydrogens is 304 g/mol. The standard InChI is InChI=1S/C19H26N2O3/c1-19(2,3)24-18(22)20-11-5-4-6-16-7-9-17(10-8-16)21-12-14-23-15-13-21/h7-10H,5,11-15H2,1-3H3,(H,20,22). The van der Waals surface area contributed by atoms with Crippen molar-refractivity contribution in [1.82, 2.24) is 5.32 Å². The molecule has 0 aromatic heterocycles. The van der Waals surface area contributed by atoms with E-state index >= 15 is 0 Å². The zero-order chi connectivity index (χ0) is 17.4. The van der Waals surface area contributed by atoms with Gasteiger partial charge in [-0.15, -0.1) is 0 Å². The number of hydrogen-bond acceptors (Lipinski definition) is 4. The number of anilines is 1. The summed E-state index contributed by atoms with van der Waals surface area (Å²) >= 11 is 0. The zero-order valence-corrected chi connectivity index (χ0v) is 14.7. The van der Waals surface area contributed by atoms with E-state index in [1.807, 2.05) is 32.9 Å². The van der Waals surface area contributed by atoms with E-state index in [4.69, 9.17) is 9.47 Å². The molecule has 1 N–H and O–H groups in total. The van der Waals surface area contributed by atoms with Gasteiger partial charge in [0.15, 0.2) is 0 Å². The zero-order valence-electron chi connectivity index (χ0n) is 14.7. The molecule has 0 unspecified atom stereocenters. The SMILES string of the molecule is CC(C)(C)OC(=O)NCCC#Cc1ccc(N2CCOCC2)cc1. The third kappa shape index (κ3) is 6.51. The molecule has 0 atom stereocenters. The number of nitrogens with one attached hydrogen (secondary N) is 1. The van der Waals surface area contributed by atoms with Crippen LogP contribution in [0.2, 0.25) is 0 Å². The van der Waals surface area contributed by atoms with Crippen LogP contribution in [0.5, 0.6) is 0 Å². The van der Waals surface area contributed by atoms with Gasteiger partial charge >= 0.3 is 6.09 Å². The van der Waals surface area contributed by atoms with Crippen molar-refractivity contribution in [3.63, 3.8) is 0 Å². The number of carbonyl (C=O) groups is 1. The van der Waals surface area contributed by atoms with Crippen LogP contribution in [0.4, 0.5) is 10.5 Å². The lowest BCUT2D eigenvalue weighted by Gasteiger charge is -2.28. The highest BCUT2D eigenvalue weighted by molar-refractivity contribution is 5.67. The molecule has 5 nitrogen and oxygen atoms in total. The van der Waals surface area contributed by atoms with Gasteiger partial charge in [-0.2, -0.15) is 0 Å². The summed E-state index contributed by atoms with van der Waals surface area (Å²) in [6.07, 6.45) is 0.184. The molecule has 1 aromatic rings. The van der Waals surface area contributed by atoms with Crippen molar-refractivity contribution in [2.45, 2.75) is 32.8 Å². The number of carbonyl (C=O) groups excluding carboxylic acids is 1. The van der Waals surface area contributed by atoms with Crippen LogP contribution in [0.3, 0.4) is 0 Å². The second-order valence-electron chi connectivity index (χ2n) is 6.63. The van der Waals surface area contributed by atoms with E-state index in [0.717, 1.165) is 31.9 Å². The molecule has 0 radical (unpaired) electrons. The van der Waals surface area contributed by atoms with Crippen molar-refractivity contribution < 1.29 is 14.3 Å². The van der Waals surface area contributed by atoms with E-state index in [9.17, 15) is 4.79 Å². The van der Waals surface area contributed by atoms with Crippen LogP contribution in [0.15, 0.2) is 24.3 Å². The van der Waals surface area contributed by atoms with Gasteiger partial charge < -0.3 is 19.7 Å². The molecule has 1 aliphatic rings. The van der Waals surface area contributed by atoms with E-state index < -0.39 is 11.7 Å². The summed E-state index contributed by atoms with van der Waals surface area (Å²) in [7, 11) is 0. The summed E-state index contributed by atoms with van der Waals surface area (Å²) in [5.74, 6) is 6.18. The molecule has 130 valence electrons. The average Bonchev–Trinajstić information content (AvgIpc) is 2.54. The Hall–Kier alpha value is -2.19. The fourth-order valence-corrected chi connectivity index (χ4v) is 2.28. The predicted molar refractivity (Wildman–Crippen MR) is 95.2 cm³/mol. The predicted octanol–water partition coefficient (Wildman–Crippen LogP) is 2.79. The number of morpholine rings is 1. The highest BCUT2D eigenvalue weighted by Crippen LogP contribution is 2.16. The maximum Gasteiger partial charge on any atom is 0.407 e. The van der Waals surface area contributed by atoms with E-state index in [2.05, 4.69) is 34.2 Å². The van der Waals surface area contributed by atoms with Crippen LogP contribution < -0.4 is 10.2 Å². The van der Waals surface area contributed by atoms with Gasteiger partial charge in [0.25, 0.3) is 0 Å². The normalized spacial score (nSPS) is 14.5. The van der Waals surface area contributed by atoms with Crippen LogP contribution in [-0.4, -0.2) is 44.5 Å². The number of ether oxygens (including phenoxy) is 2. The molecular formula is C19H26N2O3. The molecule has 1 aromatic carbocycles. The van der Waals surface area contributed by atoms with E-state index in [0.29, 0.717) is 13.0 Å². The van der Waals surface area contributed by atoms with Gasteiger partial charge in [-0.1, -0.05) is 11.8 Å². The molecule has 24 heavy (non-hydrogen) atoms. The molecule has 1 amide bonds. The van der Waals surface area contributed by atoms with Gasteiger partial charge in [0.1, 0.15) is 5.60 Å². The lowest BCUT2D eigenvalue weighted by Crippen LogP contribution is -2.36. The van der Waals surface area contributed by atoms with Gasteiger partial charge in [-0.25, -0.2) is 4.79 Å². The van der Waals surface area contributed by atoms with Crippen LogP contribution in [0.25, 0.3) is 0 Å². The van der Waals surface area contributed by atoms with E-state index in [-0.39, 0.29) is 0 Å². The van der Waals surface area contributed by atoms with Gasteiger partial charge in [0, 0.05) is 37.3 Å². The van der Waals surface area contributed by atoms with Gasteiger partial charge in [-0.3, -0.25) is 0 Å². The molecule has 1 saturated heterocycles. The lowest BCUT2D eigenvalue weighted by molar-refractivity contribution is 0.0529. The number of alkyl carbamates (subject to hydrolysis) is 1. The van der Waals surface area contributed by atoms with Crippen LogP contribution in [0, 0.1) is 11.8 Å². The number of nitrogens with zero attached hydrogens (tertiary/aromatic N) is 1. The lowest BCUT2D eigenvalue weighted by atomic mass is 10.2. The first kappa shape index (κ1) is 18.2. The van der Waals surface area contributed by atoms with Gasteiger partial charge in [0.05, 0.1) is 13.2 Å². The molecule has 0 saturated carbocycles. The monoisotopic (exact) mass is 330 g/mol. The van der Waals surface area contributed by atoms with Crippen molar-refractivity contribution in [2.75, 3.05) is 37.7 Å². The quantitative estimate of drug-likeness (QED) is 0.684. The topological polar surface area (TPSA) is 50.8 Å². The largest absolute Gasteiger partial charge is 0.444 e. The molecule has 0 spiro atoms. The first-order valence-corrected chi connectivity index (χ1v) is 8.32. The van der Waals surface area contributed by atoms with Gasteiger partial charge in [-0.05, 0) is 45.0 Å². The maximum atomic E-state index is 11.5. The Morgan fingerprint density at radius 2 is 1.92 bits per heavy atom. The molecule has 1 aliphatic heterocycles. The fourth-order valence-electron chi connectivity index (χ4n) is 2.28. The smallest absolute Gasteiger partial charge is 0.407 e. The van der Waals surface area contributed by atoms with Crippen molar-refractivity contribution >= 4 is 11.8 Å². The Morgan fingerprint density at radius 3 is 2.54 bits per heavy atom. The number of hydrogen-bond donors (Lipinski definition) is 1. The summed E-state index contributed by atoms with van der Waals surface area (Å²) in [6, 6.07) is 8.24. The van der Waals surface area contributed by atoms with E-state index in [1.54, 1.807) is 0 Å². The Labute approximate surface area is 144 Å². The second-order valence-corrected chi connectivity index (χ2v) is 6.63. The molecule has 5 heteroatoms. The number of benzene rings is 1. The molecule has 0 aliphatic carbocycles. The Kier molecular flexibility index (Phi) is 6.51. The molecule has 0 bridgehead atoms. The Bertz CT molecular complexity index is 588. The summed E-state index contributed by atoms with van der Waals surface area (Å²) in [4.78, 5) is 13.8. The van der Waals surface area contributed by atoms with Crippen molar-refractivity contribution in [2.24, 2.45) is 0 Å². The minimum Gasteiger partial charge on any atom is -0.444 e. The Balaban J connectivity index is 1.74. The number of rotatable bonds is 3. The average molecular weight is 330 g/mol. The minimum absolute atomic E-state index is 0.404. The van der Waals surface area contributed by atoms with Crippen molar-refractivity contribution in [3.8, 4) is 11.8 Å². The summed E-state index contributed by atoms with van der Waals surface area (Å²) in [5, 5.41) is 2.70.